The van der Waals surface area contributed by atoms with E-state index in [2.05, 4.69) is 4.72 Å². The number of hydrogen-bond acceptors (Lipinski definition) is 5. The predicted molar refractivity (Wildman–Crippen MR) is 146 cm³/mol. The summed E-state index contributed by atoms with van der Waals surface area (Å²) in [6.07, 6.45) is 7.10. The standard InChI is InChI=1S/C27H26Cl3NO5S/c28-19-12-13-21(25(30)24(19)29)37(34,35)31-17-7-5-6-16(14-17)22(15-10-11-15)23-26(32)18-8-3-1-2-4-9-20(18)36-27(23)33/h5-7,12-15,22,31-32H,1-4,8-11H2. The van der Waals surface area contributed by atoms with Crippen molar-refractivity contribution in [2.45, 2.75) is 62.2 Å². The number of halogens is 3. The van der Waals surface area contributed by atoms with E-state index < -0.39 is 21.6 Å². The number of anilines is 1. The zero-order valence-electron chi connectivity index (χ0n) is 19.9. The molecule has 10 heteroatoms. The molecular formula is C27H26Cl3NO5S. The fraction of sp³-hybridized carbons (Fsp3) is 0.370. The predicted octanol–water partition coefficient (Wildman–Crippen LogP) is 7.31. The van der Waals surface area contributed by atoms with E-state index in [0.717, 1.165) is 49.7 Å². The molecule has 2 aliphatic carbocycles. The molecule has 196 valence electrons. The molecule has 0 aliphatic heterocycles. The Balaban J connectivity index is 1.53. The summed E-state index contributed by atoms with van der Waals surface area (Å²) >= 11 is 18.2. The lowest BCUT2D eigenvalue weighted by molar-refractivity contribution is 0.382. The number of fused-ring (bicyclic) bond motifs is 1. The lowest BCUT2D eigenvalue weighted by atomic mass is 9.85. The highest BCUT2D eigenvalue weighted by Crippen LogP contribution is 2.49. The third-order valence-corrected chi connectivity index (χ3v) is 9.91. The van der Waals surface area contributed by atoms with Gasteiger partial charge in [-0.05, 0) is 67.9 Å². The van der Waals surface area contributed by atoms with Gasteiger partial charge in [-0.2, -0.15) is 0 Å². The Kier molecular flexibility index (Phi) is 7.51. The van der Waals surface area contributed by atoms with Gasteiger partial charge >= 0.3 is 5.63 Å². The first-order valence-electron chi connectivity index (χ1n) is 12.3. The number of benzene rings is 2. The third-order valence-electron chi connectivity index (χ3n) is 7.09. The van der Waals surface area contributed by atoms with Crippen LogP contribution in [0.1, 0.15) is 66.9 Å². The second-order valence-corrected chi connectivity index (χ2v) is 12.5. The smallest absolute Gasteiger partial charge is 0.343 e. The molecule has 1 saturated carbocycles. The van der Waals surface area contributed by atoms with Crippen LogP contribution < -0.4 is 10.3 Å². The largest absolute Gasteiger partial charge is 0.507 e. The van der Waals surface area contributed by atoms with Crippen LogP contribution in [0.5, 0.6) is 5.75 Å². The number of aryl methyl sites for hydroxylation is 1. The monoisotopic (exact) mass is 581 g/mol. The molecule has 0 saturated heterocycles. The molecule has 1 aromatic heterocycles. The second kappa shape index (κ2) is 10.5. The van der Waals surface area contributed by atoms with Gasteiger partial charge in [-0.3, -0.25) is 4.72 Å². The molecule has 2 N–H and O–H groups in total. The maximum Gasteiger partial charge on any atom is 0.343 e. The fourth-order valence-electron chi connectivity index (χ4n) is 5.12. The van der Waals surface area contributed by atoms with Gasteiger partial charge in [-0.1, -0.05) is 59.8 Å². The van der Waals surface area contributed by atoms with Gasteiger partial charge in [0, 0.05) is 23.6 Å². The van der Waals surface area contributed by atoms with E-state index in [-0.39, 0.29) is 37.2 Å². The van der Waals surface area contributed by atoms with Gasteiger partial charge in [-0.25, -0.2) is 13.2 Å². The Morgan fingerprint density at radius 3 is 2.43 bits per heavy atom. The van der Waals surface area contributed by atoms with Gasteiger partial charge in [0.1, 0.15) is 16.4 Å². The van der Waals surface area contributed by atoms with E-state index in [4.69, 9.17) is 39.2 Å². The minimum atomic E-state index is -4.09. The minimum absolute atomic E-state index is 0.0265. The average molecular weight is 583 g/mol. The minimum Gasteiger partial charge on any atom is -0.507 e. The van der Waals surface area contributed by atoms with E-state index in [0.29, 0.717) is 24.3 Å². The van der Waals surface area contributed by atoms with Crippen molar-refractivity contribution in [3.05, 3.63) is 84.3 Å². The second-order valence-electron chi connectivity index (χ2n) is 9.69. The van der Waals surface area contributed by atoms with Crippen molar-refractivity contribution in [2.75, 3.05) is 4.72 Å². The van der Waals surface area contributed by atoms with Crippen molar-refractivity contribution in [3.63, 3.8) is 0 Å². The highest BCUT2D eigenvalue weighted by Gasteiger charge is 2.38. The first-order valence-corrected chi connectivity index (χ1v) is 14.9. The first kappa shape index (κ1) is 26.4. The average Bonchev–Trinajstić information content (AvgIpc) is 3.66. The number of sulfonamides is 1. The van der Waals surface area contributed by atoms with Crippen molar-refractivity contribution in [1.29, 1.82) is 0 Å². The van der Waals surface area contributed by atoms with Crippen molar-refractivity contribution in [1.82, 2.24) is 0 Å². The van der Waals surface area contributed by atoms with E-state index in [1.165, 1.54) is 12.1 Å². The molecule has 0 radical (unpaired) electrons. The Morgan fingerprint density at radius 1 is 0.973 bits per heavy atom. The summed E-state index contributed by atoms with van der Waals surface area (Å²) in [7, 11) is -4.09. The normalized spacial score (nSPS) is 16.9. The summed E-state index contributed by atoms with van der Waals surface area (Å²) in [5, 5.41) is 11.2. The van der Waals surface area contributed by atoms with Crippen LogP contribution in [-0.2, 0) is 22.9 Å². The van der Waals surface area contributed by atoms with Crippen molar-refractivity contribution < 1.29 is 17.9 Å². The van der Waals surface area contributed by atoms with E-state index >= 15 is 0 Å². The molecule has 0 amide bonds. The molecule has 1 unspecified atom stereocenters. The van der Waals surface area contributed by atoms with Gasteiger partial charge in [-0.15, -0.1) is 0 Å². The highest BCUT2D eigenvalue weighted by atomic mass is 35.5. The molecule has 1 atom stereocenters. The lowest BCUT2D eigenvalue weighted by Crippen LogP contribution is -2.19. The Bertz CT molecular complexity index is 1520. The maximum atomic E-state index is 13.2. The molecule has 0 bridgehead atoms. The summed E-state index contributed by atoms with van der Waals surface area (Å²) in [5.41, 5.74) is 1.47. The molecule has 2 aromatic carbocycles. The molecule has 6 nitrogen and oxygen atoms in total. The zero-order valence-corrected chi connectivity index (χ0v) is 23.0. The molecule has 0 spiro atoms. The third kappa shape index (κ3) is 5.37. The van der Waals surface area contributed by atoms with Gasteiger partial charge in [0.25, 0.3) is 10.0 Å². The number of nitrogens with one attached hydrogen (secondary N) is 1. The van der Waals surface area contributed by atoms with Gasteiger partial charge in [0.05, 0.1) is 20.6 Å². The van der Waals surface area contributed by atoms with Crippen molar-refractivity contribution in [2.24, 2.45) is 5.92 Å². The summed E-state index contributed by atoms with van der Waals surface area (Å²) in [5.74, 6) is 0.348. The topological polar surface area (TPSA) is 96.6 Å². The first-order chi connectivity index (χ1) is 17.7. The van der Waals surface area contributed by atoms with E-state index in [9.17, 15) is 18.3 Å². The number of hydrogen-bond donors (Lipinski definition) is 2. The van der Waals surface area contributed by atoms with Crippen LogP contribution in [-0.4, -0.2) is 13.5 Å². The van der Waals surface area contributed by atoms with Crippen molar-refractivity contribution >= 4 is 50.5 Å². The zero-order chi connectivity index (χ0) is 26.3. The van der Waals surface area contributed by atoms with Gasteiger partial charge in [0.15, 0.2) is 0 Å². The maximum absolute atomic E-state index is 13.2. The molecule has 3 aromatic rings. The van der Waals surface area contributed by atoms with Crippen LogP contribution in [0, 0.1) is 5.92 Å². The van der Waals surface area contributed by atoms with E-state index in [1.807, 2.05) is 6.07 Å². The molecule has 2 aliphatic rings. The SMILES string of the molecule is O=c1oc2c(c(O)c1C(c1cccc(NS(=O)(=O)c3ccc(Cl)c(Cl)c3Cl)c1)C1CC1)CCCCCC2. The Morgan fingerprint density at radius 2 is 1.70 bits per heavy atom. The van der Waals surface area contributed by atoms with Crippen LogP contribution in [0.3, 0.4) is 0 Å². The fourth-order valence-corrected chi connectivity index (χ4v) is 7.15. The quantitative estimate of drug-likeness (QED) is 0.297. The summed E-state index contributed by atoms with van der Waals surface area (Å²) in [6, 6.07) is 9.50. The summed E-state index contributed by atoms with van der Waals surface area (Å²) in [6.45, 7) is 0. The Hall–Kier alpha value is -2.19. The molecular weight excluding hydrogens is 557 g/mol. The molecule has 37 heavy (non-hydrogen) atoms. The lowest BCUT2D eigenvalue weighted by Gasteiger charge is -2.22. The number of aromatic hydroxyl groups is 1. The van der Waals surface area contributed by atoms with Crippen molar-refractivity contribution in [3.8, 4) is 5.75 Å². The van der Waals surface area contributed by atoms with Crippen LogP contribution in [0.25, 0.3) is 0 Å². The van der Waals surface area contributed by atoms with Gasteiger partial charge in [0.2, 0.25) is 0 Å². The van der Waals surface area contributed by atoms with Crippen LogP contribution in [0.15, 0.2) is 50.5 Å². The van der Waals surface area contributed by atoms with Gasteiger partial charge < -0.3 is 9.52 Å². The highest BCUT2D eigenvalue weighted by molar-refractivity contribution is 7.92. The van der Waals surface area contributed by atoms with E-state index in [1.54, 1.807) is 18.2 Å². The van der Waals surface area contributed by atoms with Crippen LogP contribution >= 0.6 is 34.8 Å². The summed E-state index contributed by atoms with van der Waals surface area (Å²) < 4.78 is 34.5. The molecule has 5 rings (SSSR count). The van der Waals surface area contributed by atoms with Crippen LogP contribution in [0.2, 0.25) is 15.1 Å². The molecule has 1 heterocycles. The number of rotatable bonds is 6. The van der Waals surface area contributed by atoms with Crippen LogP contribution in [0.4, 0.5) is 5.69 Å². The Labute approximate surface area is 230 Å². The molecule has 1 fully saturated rings. The summed E-state index contributed by atoms with van der Waals surface area (Å²) in [4.78, 5) is 13.0.